The van der Waals surface area contributed by atoms with Crippen molar-refractivity contribution in [2.45, 2.75) is 0 Å². The first-order valence-corrected chi connectivity index (χ1v) is 5.12. The lowest BCUT2D eigenvalue weighted by Gasteiger charge is -2.07. The molecule has 1 aromatic carbocycles. The van der Waals surface area contributed by atoms with Gasteiger partial charge in [0.05, 0.1) is 29.5 Å². The normalized spacial score (nSPS) is 10.2. The number of halogens is 1. The maximum atomic E-state index is 10.5. The second-order valence-electron chi connectivity index (χ2n) is 3.30. The third kappa shape index (κ3) is 2.24. The van der Waals surface area contributed by atoms with E-state index in [4.69, 9.17) is 21.4 Å². The minimum atomic E-state index is -1.18. The third-order valence-corrected chi connectivity index (χ3v) is 2.66. The Hall–Kier alpha value is -2.01. The van der Waals surface area contributed by atoms with Crippen molar-refractivity contribution < 1.29 is 14.6 Å². The molecule has 1 heterocycles. The number of hydrogen-bond donors (Lipinski definition) is 2. The molecule has 0 saturated heterocycles. The summed E-state index contributed by atoms with van der Waals surface area (Å²) in [6.07, 6.45) is 0.194. The molecule has 0 unspecified atom stereocenters. The van der Waals surface area contributed by atoms with E-state index in [9.17, 15) is 4.79 Å². The number of amides is 1. The van der Waals surface area contributed by atoms with Crippen molar-refractivity contribution in [2.75, 3.05) is 12.4 Å². The zero-order valence-electron chi connectivity index (χ0n) is 8.90. The van der Waals surface area contributed by atoms with E-state index in [0.717, 1.165) is 0 Å². The van der Waals surface area contributed by atoms with Crippen LogP contribution in [0.1, 0.15) is 0 Å². The van der Waals surface area contributed by atoms with Gasteiger partial charge in [0.15, 0.2) is 0 Å². The second kappa shape index (κ2) is 4.47. The molecule has 2 N–H and O–H groups in total. The molecule has 0 aliphatic carbocycles. The van der Waals surface area contributed by atoms with E-state index in [1.165, 1.54) is 6.20 Å². The number of anilines is 1. The molecule has 0 spiro atoms. The van der Waals surface area contributed by atoms with Crippen LogP contribution < -0.4 is 10.1 Å². The van der Waals surface area contributed by atoms with Gasteiger partial charge in [0, 0.05) is 11.5 Å². The van der Waals surface area contributed by atoms with Crippen LogP contribution in [0.4, 0.5) is 10.5 Å². The molecule has 88 valence electrons. The number of fused-ring (bicyclic) bond motifs is 1. The summed E-state index contributed by atoms with van der Waals surface area (Å²) in [6.45, 7) is 0. The summed E-state index contributed by atoms with van der Waals surface area (Å²) in [5.74, 6) is 0.667. The van der Waals surface area contributed by atoms with E-state index < -0.39 is 6.09 Å². The lowest BCUT2D eigenvalue weighted by Crippen LogP contribution is -2.08. The van der Waals surface area contributed by atoms with Crippen LogP contribution in [-0.4, -0.2) is 23.3 Å². The van der Waals surface area contributed by atoms with Crippen LogP contribution in [0.2, 0.25) is 5.02 Å². The van der Waals surface area contributed by atoms with Crippen molar-refractivity contribution in [1.29, 1.82) is 0 Å². The number of rotatable bonds is 2. The van der Waals surface area contributed by atoms with Crippen LogP contribution in [0.3, 0.4) is 0 Å². The van der Waals surface area contributed by atoms with Crippen molar-refractivity contribution >= 4 is 34.3 Å². The maximum absolute atomic E-state index is 10.5. The summed E-state index contributed by atoms with van der Waals surface area (Å²) >= 11 is 6.07. The number of hydrogen-bond acceptors (Lipinski definition) is 3. The molecule has 17 heavy (non-hydrogen) atoms. The topological polar surface area (TPSA) is 71.5 Å². The Bertz CT molecular complexity index is 586. The Morgan fingerprint density at radius 1 is 1.53 bits per heavy atom. The van der Waals surface area contributed by atoms with Gasteiger partial charge in [-0.1, -0.05) is 11.6 Å². The van der Waals surface area contributed by atoms with E-state index in [1.54, 1.807) is 25.3 Å². The highest BCUT2D eigenvalue weighted by Crippen LogP contribution is 2.31. The fraction of sp³-hybridized carbons (Fsp3) is 0.0909. The van der Waals surface area contributed by atoms with E-state index >= 15 is 0 Å². The van der Waals surface area contributed by atoms with Gasteiger partial charge in [-0.25, -0.2) is 4.79 Å². The van der Waals surface area contributed by atoms with Gasteiger partial charge in [-0.05, 0) is 12.1 Å². The molecule has 1 aromatic heterocycles. The summed E-state index contributed by atoms with van der Waals surface area (Å²) in [5.41, 5.74) is 0.905. The number of nitrogens with one attached hydrogen (secondary N) is 1. The minimum Gasteiger partial charge on any atom is -0.497 e. The average molecular weight is 253 g/mol. The van der Waals surface area contributed by atoms with Crippen LogP contribution in [-0.2, 0) is 0 Å². The molecule has 0 aliphatic heterocycles. The molecule has 1 amide bonds. The standard InChI is InChI=1S/C11H9ClN2O3/c1-17-6-2-3-7-8(4-6)13-5-9(10(7)12)14-11(15)16/h2-5,14H,1H3,(H,15,16). The summed E-state index contributed by atoms with van der Waals surface area (Å²) < 4.78 is 5.06. The first kappa shape index (κ1) is 11.5. The maximum Gasteiger partial charge on any atom is 0.409 e. The molecule has 2 aromatic rings. The largest absolute Gasteiger partial charge is 0.497 e. The molecule has 6 heteroatoms. The van der Waals surface area contributed by atoms with E-state index in [-0.39, 0.29) is 5.69 Å². The Kier molecular flexibility index (Phi) is 3.01. The molecule has 0 bridgehead atoms. The summed E-state index contributed by atoms with van der Waals surface area (Å²) in [5, 5.41) is 11.8. The van der Waals surface area contributed by atoms with Gasteiger partial charge in [0.25, 0.3) is 0 Å². The summed E-state index contributed by atoms with van der Waals surface area (Å²) in [7, 11) is 1.56. The highest BCUT2D eigenvalue weighted by molar-refractivity contribution is 6.38. The molecule has 0 aliphatic rings. The Balaban J connectivity index is 2.56. The molecular weight excluding hydrogens is 244 g/mol. The van der Waals surface area contributed by atoms with E-state index in [1.807, 2.05) is 0 Å². The second-order valence-corrected chi connectivity index (χ2v) is 3.68. The van der Waals surface area contributed by atoms with Crippen molar-refractivity contribution in [1.82, 2.24) is 4.98 Å². The quantitative estimate of drug-likeness (QED) is 0.862. The minimum absolute atomic E-state index is 0.261. The summed E-state index contributed by atoms with van der Waals surface area (Å²) in [6, 6.07) is 5.20. The lowest BCUT2D eigenvalue weighted by molar-refractivity contribution is 0.209. The number of carbonyl (C=O) groups is 1. The van der Waals surface area contributed by atoms with Gasteiger partial charge in [0.2, 0.25) is 0 Å². The number of ether oxygens (including phenoxy) is 1. The van der Waals surface area contributed by atoms with E-state index in [2.05, 4.69) is 10.3 Å². The van der Waals surface area contributed by atoms with E-state index in [0.29, 0.717) is 21.7 Å². The van der Waals surface area contributed by atoms with Crippen LogP contribution in [0, 0.1) is 0 Å². The molecule has 0 radical (unpaired) electrons. The predicted molar refractivity (Wildman–Crippen MR) is 65.0 cm³/mol. The highest BCUT2D eigenvalue weighted by atomic mass is 35.5. The van der Waals surface area contributed by atoms with Crippen molar-refractivity contribution in [3.8, 4) is 5.75 Å². The zero-order chi connectivity index (χ0) is 12.4. The molecule has 5 nitrogen and oxygen atoms in total. The molecule has 0 saturated carbocycles. The first-order valence-electron chi connectivity index (χ1n) is 4.74. The molecule has 0 fully saturated rings. The predicted octanol–water partition coefficient (Wildman–Crippen LogP) is 2.99. The zero-order valence-corrected chi connectivity index (χ0v) is 9.65. The van der Waals surface area contributed by atoms with Gasteiger partial charge in [-0.3, -0.25) is 10.3 Å². The molecular formula is C11H9ClN2O3. The smallest absolute Gasteiger partial charge is 0.409 e. The first-order chi connectivity index (χ1) is 8.11. The number of carboxylic acid groups (broad SMARTS) is 1. The fourth-order valence-corrected chi connectivity index (χ4v) is 1.72. The Morgan fingerprint density at radius 2 is 2.29 bits per heavy atom. The fourth-order valence-electron chi connectivity index (χ4n) is 1.47. The van der Waals surface area contributed by atoms with Crippen molar-refractivity contribution in [3.05, 3.63) is 29.4 Å². The summed E-state index contributed by atoms with van der Waals surface area (Å²) in [4.78, 5) is 14.7. The Morgan fingerprint density at radius 3 is 2.94 bits per heavy atom. The lowest BCUT2D eigenvalue weighted by atomic mass is 10.2. The van der Waals surface area contributed by atoms with Crippen LogP contribution in [0.15, 0.2) is 24.4 Å². The van der Waals surface area contributed by atoms with Crippen LogP contribution in [0.25, 0.3) is 10.9 Å². The number of pyridine rings is 1. The van der Waals surface area contributed by atoms with Crippen LogP contribution in [0.5, 0.6) is 5.75 Å². The van der Waals surface area contributed by atoms with Gasteiger partial charge in [0.1, 0.15) is 5.75 Å². The SMILES string of the molecule is COc1ccc2c(Cl)c(NC(=O)O)cnc2c1. The number of benzene rings is 1. The third-order valence-electron chi connectivity index (χ3n) is 2.25. The van der Waals surface area contributed by atoms with Gasteiger partial charge in [-0.2, -0.15) is 0 Å². The van der Waals surface area contributed by atoms with Gasteiger partial charge >= 0.3 is 6.09 Å². The number of nitrogens with zero attached hydrogens (tertiary/aromatic N) is 1. The number of aromatic nitrogens is 1. The van der Waals surface area contributed by atoms with Crippen molar-refractivity contribution in [3.63, 3.8) is 0 Å². The number of methoxy groups -OCH3 is 1. The van der Waals surface area contributed by atoms with Crippen molar-refractivity contribution in [2.24, 2.45) is 0 Å². The molecule has 0 atom stereocenters. The van der Waals surface area contributed by atoms with Gasteiger partial charge < -0.3 is 9.84 Å². The highest BCUT2D eigenvalue weighted by Gasteiger charge is 2.09. The average Bonchev–Trinajstić information content (AvgIpc) is 2.32. The Labute approximate surface area is 102 Å². The van der Waals surface area contributed by atoms with Gasteiger partial charge in [-0.15, -0.1) is 0 Å². The van der Waals surface area contributed by atoms with Crippen LogP contribution >= 0.6 is 11.6 Å². The monoisotopic (exact) mass is 252 g/mol. The molecule has 2 rings (SSSR count).